The van der Waals surface area contributed by atoms with Crippen LogP contribution in [0, 0.1) is 0 Å². The molecule has 0 unspecified atom stereocenters. The van der Waals surface area contributed by atoms with E-state index in [4.69, 9.17) is 9.84 Å². The van der Waals surface area contributed by atoms with E-state index in [2.05, 4.69) is 0 Å². The number of likely N-dealkylation sites (N-methyl/N-ethyl adjacent to an activating group) is 1. The minimum absolute atomic E-state index is 0.0256. The van der Waals surface area contributed by atoms with E-state index < -0.39 is 16.0 Å². The van der Waals surface area contributed by atoms with E-state index >= 15 is 0 Å². The monoisotopic (exact) mass is 368 g/mol. The molecule has 0 aliphatic carbocycles. The average Bonchev–Trinajstić information content (AvgIpc) is 2.61. The Morgan fingerprint density at radius 3 is 2.76 bits per heavy atom. The largest absolute Gasteiger partial charge is 0.493 e. The van der Waals surface area contributed by atoms with E-state index in [1.165, 1.54) is 4.31 Å². The van der Waals surface area contributed by atoms with Gasteiger partial charge in [-0.3, -0.25) is 9.69 Å². The fraction of sp³-hybridized carbons (Fsp3) is 0.588. The van der Waals surface area contributed by atoms with Crippen molar-refractivity contribution in [3.05, 3.63) is 23.8 Å². The van der Waals surface area contributed by atoms with Gasteiger partial charge in [0.15, 0.2) is 0 Å². The summed E-state index contributed by atoms with van der Waals surface area (Å²) in [5.41, 5.74) is 0.948. The first-order valence-corrected chi connectivity index (χ1v) is 10.00. The normalized spacial score (nSPS) is 19.4. The number of carboxylic acids is 1. The van der Waals surface area contributed by atoms with Gasteiger partial charge >= 0.3 is 5.97 Å². The molecule has 1 aromatic rings. The summed E-state index contributed by atoms with van der Waals surface area (Å²) in [6.07, 6.45) is 3.01. The molecule has 1 saturated heterocycles. The molecular formula is C17H24N2O5S. The molecule has 0 radical (unpaired) electrons. The lowest BCUT2D eigenvalue weighted by molar-refractivity contribution is -0.138. The minimum atomic E-state index is -3.52. The molecule has 0 atom stereocenters. The molecule has 138 valence electrons. The minimum Gasteiger partial charge on any atom is -0.493 e. The van der Waals surface area contributed by atoms with Crippen molar-refractivity contribution in [2.24, 2.45) is 0 Å². The summed E-state index contributed by atoms with van der Waals surface area (Å²) in [4.78, 5) is 12.9. The van der Waals surface area contributed by atoms with Gasteiger partial charge in [-0.25, -0.2) is 8.42 Å². The molecule has 1 N–H and O–H groups in total. The van der Waals surface area contributed by atoms with Gasteiger partial charge < -0.3 is 9.84 Å². The van der Waals surface area contributed by atoms with Crippen molar-refractivity contribution in [2.75, 3.05) is 33.3 Å². The SMILES string of the molecule is CN(CC(=O)O)C1CCN(S(=O)(=O)c2ccc3c(c2)CCCO3)CC1. The maximum atomic E-state index is 12.9. The van der Waals surface area contributed by atoms with Crippen molar-refractivity contribution in [1.29, 1.82) is 0 Å². The molecule has 2 aliphatic heterocycles. The van der Waals surface area contributed by atoms with Gasteiger partial charge in [0.2, 0.25) is 10.0 Å². The third-order valence-corrected chi connectivity index (χ3v) is 6.84. The summed E-state index contributed by atoms with van der Waals surface area (Å²) in [5, 5.41) is 8.88. The van der Waals surface area contributed by atoms with E-state index in [9.17, 15) is 13.2 Å². The van der Waals surface area contributed by atoms with Crippen LogP contribution < -0.4 is 4.74 Å². The first-order chi connectivity index (χ1) is 11.9. The Balaban J connectivity index is 1.69. The van der Waals surface area contributed by atoms with Crippen molar-refractivity contribution in [3.8, 4) is 5.75 Å². The highest BCUT2D eigenvalue weighted by molar-refractivity contribution is 7.89. The maximum Gasteiger partial charge on any atom is 0.317 e. The van der Waals surface area contributed by atoms with E-state index in [0.717, 1.165) is 24.2 Å². The molecule has 0 bridgehead atoms. The number of rotatable bonds is 5. The second-order valence-electron chi connectivity index (χ2n) is 6.67. The number of piperidine rings is 1. The van der Waals surface area contributed by atoms with Crippen LogP contribution in [0.25, 0.3) is 0 Å². The molecular weight excluding hydrogens is 344 g/mol. The Labute approximate surface area is 148 Å². The molecule has 0 aromatic heterocycles. The van der Waals surface area contributed by atoms with Crippen LogP contribution in [0.1, 0.15) is 24.8 Å². The lowest BCUT2D eigenvalue weighted by Gasteiger charge is -2.35. The van der Waals surface area contributed by atoms with Gasteiger partial charge in [-0.1, -0.05) is 0 Å². The van der Waals surface area contributed by atoms with Crippen molar-refractivity contribution in [2.45, 2.75) is 36.6 Å². The maximum absolute atomic E-state index is 12.9. The van der Waals surface area contributed by atoms with Gasteiger partial charge in [-0.2, -0.15) is 4.31 Å². The predicted octanol–water partition coefficient (Wildman–Crippen LogP) is 1.18. The van der Waals surface area contributed by atoms with Crippen LogP contribution in [0.2, 0.25) is 0 Å². The van der Waals surface area contributed by atoms with Crippen LogP contribution in [0.5, 0.6) is 5.75 Å². The van der Waals surface area contributed by atoms with Crippen molar-refractivity contribution < 1.29 is 23.1 Å². The number of aryl methyl sites for hydroxylation is 1. The van der Waals surface area contributed by atoms with Crippen molar-refractivity contribution >= 4 is 16.0 Å². The van der Waals surface area contributed by atoms with Gasteiger partial charge in [0, 0.05) is 19.1 Å². The van der Waals surface area contributed by atoms with Crippen LogP contribution in [-0.4, -0.2) is 68.0 Å². The fourth-order valence-electron chi connectivity index (χ4n) is 3.51. The summed E-state index contributed by atoms with van der Waals surface area (Å²) in [6.45, 7) is 1.47. The molecule has 8 heteroatoms. The first-order valence-electron chi connectivity index (χ1n) is 8.56. The quantitative estimate of drug-likeness (QED) is 0.840. The van der Waals surface area contributed by atoms with Crippen LogP contribution >= 0.6 is 0 Å². The zero-order chi connectivity index (χ0) is 18.0. The van der Waals surface area contributed by atoms with Crippen LogP contribution in [-0.2, 0) is 21.2 Å². The van der Waals surface area contributed by atoms with Crippen LogP contribution in [0.3, 0.4) is 0 Å². The summed E-state index contributed by atoms with van der Waals surface area (Å²) in [5.74, 6) is -0.0898. The van der Waals surface area contributed by atoms with Crippen LogP contribution in [0.4, 0.5) is 0 Å². The second kappa shape index (κ2) is 7.31. The highest BCUT2D eigenvalue weighted by Crippen LogP contribution is 2.29. The van der Waals surface area contributed by atoms with Gasteiger partial charge in [0.1, 0.15) is 5.75 Å². The molecule has 7 nitrogen and oxygen atoms in total. The summed E-state index contributed by atoms with van der Waals surface area (Å²) >= 11 is 0. The number of ether oxygens (including phenoxy) is 1. The zero-order valence-electron chi connectivity index (χ0n) is 14.3. The Morgan fingerprint density at radius 1 is 1.36 bits per heavy atom. The topological polar surface area (TPSA) is 87.2 Å². The average molecular weight is 368 g/mol. The predicted molar refractivity (Wildman–Crippen MR) is 92.3 cm³/mol. The number of nitrogens with zero attached hydrogens (tertiary/aromatic N) is 2. The Hall–Kier alpha value is -1.64. The molecule has 2 heterocycles. The Bertz CT molecular complexity index is 741. The molecule has 3 rings (SSSR count). The standard InChI is InChI=1S/C17H24N2O5S/c1-18(12-17(20)21)14-6-8-19(9-7-14)25(22,23)15-4-5-16-13(11-15)3-2-10-24-16/h4-5,11,14H,2-3,6-10,12H2,1H3,(H,20,21). The van der Waals surface area contributed by atoms with Gasteiger partial charge in [-0.05, 0) is 56.5 Å². The van der Waals surface area contributed by atoms with E-state index in [1.54, 1.807) is 30.1 Å². The third-order valence-electron chi connectivity index (χ3n) is 4.95. The van der Waals surface area contributed by atoms with Gasteiger partial charge in [0.25, 0.3) is 0 Å². The smallest absolute Gasteiger partial charge is 0.317 e. The summed E-state index contributed by atoms with van der Waals surface area (Å²) in [6, 6.07) is 5.18. The lowest BCUT2D eigenvalue weighted by Crippen LogP contribution is -2.46. The van der Waals surface area contributed by atoms with Crippen molar-refractivity contribution in [1.82, 2.24) is 9.21 Å². The van der Waals surface area contributed by atoms with E-state index in [-0.39, 0.29) is 12.6 Å². The molecule has 0 spiro atoms. The molecule has 1 fully saturated rings. The summed E-state index contributed by atoms with van der Waals surface area (Å²) in [7, 11) is -1.75. The van der Waals surface area contributed by atoms with Crippen molar-refractivity contribution in [3.63, 3.8) is 0 Å². The molecule has 0 amide bonds. The number of benzene rings is 1. The second-order valence-corrected chi connectivity index (χ2v) is 8.60. The first kappa shape index (κ1) is 18.2. The molecule has 1 aromatic carbocycles. The third kappa shape index (κ3) is 3.96. The fourth-order valence-corrected chi connectivity index (χ4v) is 5.03. The number of sulfonamides is 1. The number of carbonyl (C=O) groups is 1. The number of hydrogen-bond donors (Lipinski definition) is 1. The Kier molecular flexibility index (Phi) is 5.31. The van der Waals surface area contributed by atoms with E-state index in [0.29, 0.717) is 37.4 Å². The molecule has 2 aliphatic rings. The molecule has 25 heavy (non-hydrogen) atoms. The lowest BCUT2D eigenvalue weighted by atomic mass is 10.1. The number of fused-ring (bicyclic) bond motifs is 1. The number of carboxylic acid groups (broad SMARTS) is 1. The number of aliphatic carboxylic acids is 1. The number of hydrogen-bond acceptors (Lipinski definition) is 5. The molecule has 0 saturated carbocycles. The Morgan fingerprint density at radius 2 is 2.08 bits per heavy atom. The highest BCUT2D eigenvalue weighted by Gasteiger charge is 2.31. The van der Waals surface area contributed by atoms with E-state index in [1.807, 2.05) is 0 Å². The van der Waals surface area contributed by atoms with Gasteiger partial charge in [0.05, 0.1) is 18.0 Å². The van der Waals surface area contributed by atoms with Gasteiger partial charge in [-0.15, -0.1) is 0 Å². The highest BCUT2D eigenvalue weighted by atomic mass is 32.2. The van der Waals surface area contributed by atoms with Crippen LogP contribution in [0.15, 0.2) is 23.1 Å². The summed E-state index contributed by atoms with van der Waals surface area (Å²) < 4.78 is 32.9. The zero-order valence-corrected chi connectivity index (χ0v) is 15.2.